The summed E-state index contributed by atoms with van der Waals surface area (Å²) in [5.74, 6) is 0.901. The molecule has 4 heteroatoms. The van der Waals surface area contributed by atoms with E-state index in [-0.39, 0.29) is 18.4 Å². The van der Waals surface area contributed by atoms with Crippen molar-refractivity contribution >= 4 is 5.91 Å². The number of nitrogens with zero attached hydrogens (tertiary/aromatic N) is 1. The maximum Gasteiger partial charge on any atom is 0.253 e. The molecule has 4 nitrogen and oxygen atoms in total. The number of benzene rings is 2. The second kappa shape index (κ2) is 8.67. The lowest BCUT2D eigenvalue weighted by Crippen LogP contribution is -2.35. The highest BCUT2D eigenvalue weighted by molar-refractivity contribution is 5.94. The lowest BCUT2D eigenvalue weighted by molar-refractivity contribution is 0.0719. The number of aliphatic hydroxyl groups is 1. The minimum Gasteiger partial charge on any atom is -0.489 e. The molecule has 1 N–H and O–H groups in total. The molecular formula is C21H25NO3. The Hall–Kier alpha value is -2.33. The summed E-state index contributed by atoms with van der Waals surface area (Å²) in [5.41, 5.74) is 1.74. The quantitative estimate of drug-likeness (QED) is 0.907. The largest absolute Gasteiger partial charge is 0.489 e. The fourth-order valence-electron chi connectivity index (χ4n) is 3.21. The van der Waals surface area contributed by atoms with Gasteiger partial charge in [-0.05, 0) is 42.5 Å². The van der Waals surface area contributed by atoms with Crippen molar-refractivity contribution in [1.82, 2.24) is 4.90 Å². The Balaban J connectivity index is 1.66. The highest BCUT2D eigenvalue weighted by Gasteiger charge is 2.22. The molecule has 1 amide bonds. The van der Waals surface area contributed by atoms with Gasteiger partial charge in [0.15, 0.2) is 0 Å². The minimum atomic E-state index is 0.0190. The summed E-state index contributed by atoms with van der Waals surface area (Å²) in [6, 6.07) is 17.3. The van der Waals surface area contributed by atoms with Gasteiger partial charge in [0.05, 0.1) is 0 Å². The molecule has 1 aliphatic heterocycles. The lowest BCUT2D eigenvalue weighted by atomic mass is 10.0. The van der Waals surface area contributed by atoms with Gasteiger partial charge in [-0.25, -0.2) is 0 Å². The molecule has 2 aromatic carbocycles. The fourth-order valence-corrected chi connectivity index (χ4v) is 3.21. The zero-order chi connectivity index (χ0) is 17.5. The van der Waals surface area contributed by atoms with Crippen molar-refractivity contribution in [1.29, 1.82) is 0 Å². The molecule has 0 spiro atoms. The average Bonchev–Trinajstić information content (AvgIpc) is 2.92. The van der Waals surface area contributed by atoms with Gasteiger partial charge in [-0.1, -0.05) is 42.8 Å². The van der Waals surface area contributed by atoms with Gasteiger partial charge in [0.25, 0.3) is 5.91 Å². The molecule has 0 radical (unpaired) electrons. The molecule has 1 aliphatic rings. The third kappa shape index (κ3) is 4.83. The number of carbonyl (C=O) groups excluding carboxylic acids is 1. The molecule has 2 aromatic rings. The van der Waals surface area contributed by atoms with E-state index in [2.05, 4.69) is 0 Å². The van der Waals surface area contributed by atoms with Crippen molar-refractivity contribution in [2.24, 2.45) is 5.92 Å². The van der Waals surface area contributed by atoms with Crippen LogP contribution in [0, 0.1) is 5.92 Å². The summed E-state index contributed by atoms with van der Waals surface area (Å²) < 4.78 is 5.83. The maximum absolute atomic E-state index is 12.8. The Morgan fingerprint density at radius 1 is 1.12 bits per heavy atom. The van der Waals surface area contributed by atoms with Crippen LogP contribution < -0.4 is 4.74 Å². The van der Waals surface area contributed by atoms with E-state index >= 15 is 0 Å². The van der Waals surface area contributed by atoms with Crippen molar-refractivity contribution in [2.75, 3.05) is 19.7 Å². The molecule has 132 valence electrons. The smallest absolute Gasteiger partial charge is 0.253 e. The first-order valence-electron chi connectivity index (χ1n) is 8.93. The summed E-state index contributed by atoms with van der Waals surface area (Å²) in [4.78, 5) is 14.7. The average molecular weight is 339 g/mol. The maximum atomic E-state index is 12.8. The lowest BCUT2D eigenvalue weighted by Gasteiger charge is -2.23. The first-order chi connectivity index (χ1) is 12.3. The Morgan fingerprint density at radius 2 is 1.96 bits per heavy atom. The van der Waals surface area contributed by atoms with Crippen LogP contribution in [0.25, 0.3) is 0 Å². The number of amides is 1. The van der Waals surface area contributed by atoms with Crippen LogP contribution in [0.2, 0.25) is 0 Å². The summed E-state index contributed by atoms with van der Waals surface area (Å²) in [6.45, 7) is 2.01. The molecule has 0 aromatic heterocycles. The second-order valence-electron chi connectivity index (χ2n) is 6.60. The van der Waals surface area contributed by atoms with Crippen molar-refractivity contribution < 1.29 is 14.6 Å². The van der Waals surface area contributed by atoms with E-state index in [9.17, 15) is 9.90 Å². The number of hydrogen-bond acceptors (Lipinski definition) is 3. The van der Waals surface area contributed by atoms with Gasteiger partial charge in [-0.15, -0.1) is 0 Å². The molecule has 0 bridgehead atoms. The van der Waals surface area contributed by atoms with Crippen LogP contribution >= 0.6 is 0 Å². The first kappa shape index (κ1) is 17.5. The molecule has 1 fully saturated rings. The number of rotatable bonds is 5. The molecule has 25 heavy (non-hydrogen) atoms. The number of likely N-dealkylation sites (tertiary alicyclic amines) is 1. The van der Waals surface area contributed by atoms with Crippen molar-refractivity contribution in [3.63, 3.8) is 0 Å². The van der Waals surface area contributed by atoms with Gasteiger partial charge in [0, 0.05) is 25.3 Å². The molecule has 1 heterocycles. The van der Waals surface area contributed by atoms with Gasteiger partial charge < -0.3 is 14.7 Å². The van der Waals surface area contributed by atoms with Crippen LogP contribution in [0.1, 0.15) is 35.2 Å². The second-order valence-corrected chi connectivity index (χ2v) is 6.60. The third-order valence-electron chi connectivity index (χ3n) is 4.64. The van der Waals surface area contributed by atoms with Crippen LogP contribution in [-0.4, -0.2) is 35.6 Å². The molecular weight excluding hydrogens is 314 g/mol. The van der Waals surface area contributed by atoms with Crippen LogP contribution in [0.4, 0.5) is 0 Å². The van der Waals surface area contributed by atoms with Crippen LogP contribution in [0.3, 0.4) is 0 Å². The van der Waals surface area contributed by atoms with Crippen molar-refractivity contribution in [3.05, 3.63) is 65.7 Å². The van der Waals surface area contributed by atoms with E-state index in [1.165, 1.54) is 0 Å². The van der Waals surface area contributed by atoms with Crippen LogP contribution in [-0.2, 0) is 6.61 Å². The fraction of sp³-hybridized carbons (Fsp3) is 0.381. The SMILES string of the molecule is O=C(c1cccc(OCc2ccccc2)c1)N1CCCCC(CO)C1. The van der Waals surface area contributed by atoms with Crippen LogP contribution in [0.15, 0.2) is 54.6 Å². The molecule has 0 aliphatic carbocycles. The summed E-state index contributed by atoms with van der Waals surface area (Å²) in [6.07, 6.45) is 3.04. The van der Waals surface area contributed by atoms with Gasteiger partial charge in [-0.3, -0.25) is 4.79 Å². The molecule has 1 saturated heterocycles. The van der Waals surface area contributed by atoms with E-state index in [4.69, 9.17) is 4.74 Å². The van der Waals surface area contributed by atoms with E-state index in [0.29, 0.717) is 24.5 Å². The predicted molar refractivity (Wildman–Crippen MR) is 97.5 cm³/mol. The third-order valence-corrected chi connectivity index (χ3v) is 4.64. The monoisotopic (exact) mass is 339 g/mol. The van der Waals surface area contributed by atoms with E-state index in [1.807, 2.05) is 59.5 Å². The highest BCUT2D eigenvalue weighted by atomic mass is 16.5. The normalized spacial score (nSPS) is 17.8. The Labute approximate surface area is 149 Å². The summed E-state index contributed by atoms with van der Waals surface area (Å²) in [5, 5.41) is 9.45. The number of ether oxygens (including phenoxy) is 1. The van der Waals surface area contributed by atoms with E-state index in [0.717, 1.165) is 31.4 Å². The Kier molecular flexibility index (Phi) is 6.07. The minimum absolute atomic E-state index is 0.0190. The Morgan fingerprint density at radius 3 is 2.76 bits per heavy atom. The zero-order valence-corrected chi connectivity index (χ0v) is 14.4. The van der Waals surface area contributed by atoms with Crippen molar-refractivity contribution in [2.45, 2.75) is 25.9 Å². The molecule has 1 unspecified atom stereocenters. The highest BCUT2D eigenvalue weighted by Crippen LogP contribution is 2.20. The summed E-state index contributed by atoms with van der Waals surface area (Å²) >= 11 is 0. The van der Waals surface area contributed by atoms with Gasteiger partial charge >= 0.3 is 0 Å². The number of carbonyl (C=O) groups is 1. The van der Waals surface area contributed by atoms with E-state index in [1.54, 1.807) is 0 Å². The van der Waals surface area contributed by atoms with Gasteiger partial charge in [0.1, 0.15) is 12.4 Å². The zero-order valence-electron chi connectivity index (χ0n) is 14.4. The number of aliphatic hydroxyl groups excluding tert-OH is 1. The predicted octanol–water partition coefficient (Wildman–Crippen LogP) is 3.50. The van der Waals surface area contributed by atoms with Crippen molar-refractivity contribution in [3.8, 4) is 5.75 Å². The topological polar surface area (TPSA) is 49.8 Å². The first-order valence-corrected chi connectivity index (χ1v) is 8.93. The molecule has 0 saturated carbocycles. The molecule has 1 atom stereocenters. The number of hydrogen-bond donors (Lipinski definition) is 1. The van der Waals surface area contributed by atoms with E-state index < -0.39 is 0 Å². The summed E-state index contributed by atoms with van der Waals surface area (Å²) in [7, 11) is 0. The standard InChI is InChI=1S/C21H25NO3/c23-15-18-9-4-5-12-22(14-18)21(24)19-10-6-11-20(13-19)25-16-17-7-2-1-3-8-17/h1-3,6-8,10-11,13,18,23H,4-5,9,12,14-16H2. The molecule has 3 rings (SSSR count). The Bertz CT molecular complexity index is 687. The van der Waals surface area contributed by atoms with Gasteiger partial charge in [-0.2, -0.15) is 0 Å². The van der Waals surface area contributed by atoms with Gasteiger partial charge in [0.2, 0.25) is 0 Å². The van der Waals surface area contributed by atoms with Crippen LogP contribution in [0.5, 0.6) is 5.75 Å².